The third-order valence-electron chi connectivity index (χ3n) is 3.55. The predicted octanol–water partition coefficient (Wildman–Crippen LogP) is 2.61. The maximum Gasteiger partial charge on any atom is 0.340 e. The highest BCUT2D eigenvalue weighted by molar-refractivity contribution is 9.10. The van der Waals surface area contributed by atoms with Gasteiger partial charge < -0.3 is 19.5 Å². The average Bonchev–Trinajstić information content (AvgIpc) is 3.07. The Labute approximate surface area is 152 Å². The molecule has 1 N–H and O–H groups in total. The Morgan fingerprint density at radius 1 is 1.28 bits per heavy atom. The second-order valence-electron chi connectivity index (χ2n) is 5.37. The molecule has 0 unspecified atom stereocenters. The minimum absolute atomic E-state index is 0.194. The Balaban J connectivity index is 1.53. The zero-order chi connectivity index (χ0) is 17.8. The van der Waals surface area contributed by atoms with Crippen molar-refractivity contribution in [3.05, 3.63) is 52.3 Å². The fraction of sp³-hybridized carbons (Fsp3) is 0.235. The van der Waals surface area contributed by atoms with Gasteiger partial charge in [-0.2, -0.15) is 0 Å². The molecule has 0 radical (unpaired) electrons. The lowest BCUT2D eigenvalue weighted by molar-refractivity contribution is -0.124. The third-order valence-corrected chi connectivity index (χ3v) is 3.98. The van der Waals surface area contributed by atoms with Gasteiger partial charge in [-0.25, -0.2) is 4.79 Å². The van der Waals surface area contributed by atoms with Crippen molar-refractivity contribution >= 4 is 27.8 Å². The maximum atomic E-state index is 12.0. The van der Waals surface area contributed by atoms with Gasteiger partial charge in [0.05, 0.1) is 11.6 Å². The summed E-state index contributed by atoms with van der Waals surface area (Å²) < 4.78 is 16.2. The van der Waals surface area contributed by atoms with E-state index in [1.165, 1.54) is 6.20 Å². The highest BCUT2D eigenvalue weighted by Gasteiger charge is 2.17. The first-order chi connectivity index (χ1) is 12.0. The number of amides is 1. The summed E-state index contributed by atoms with van der Waals surface area (Å²) in [5.41, 5.74) is 1.13. The number of pyridine rings is 1. The number of nitrogens with zero attached hydrogens (tertiary/aromatic N) is 1. The Morgan fingerprint density at radius 3 is 2.88 bits per heavy atom. The number of ether oxygens (including phenoxy) is 3. The normalized spacial score (nSPS) is 13.2. The molecule has 1 aromatic carbocycles. The number of carbonyl (C=O) groups excluding carboxylic acids is 2. The molecule has 1 atom stereocenters. The summed E-state index contributed by atoms with van der Waals surface area (Å²) in [4.78, 5) is 27.8. The minimum Gasteiger partial charge on any atom is -0.454 e. The van der Waals surface area contributed by atoms with Crippen LogP contribution in [0.15, 0.2) is 41.1 Å². The number of nitrogens with one attached hydrogen (secondary N) is 1. The van der Waals surface area contributed by atoms with Crippen LogP contribution in [0.1, 0.15) is 28.9 Å². The van der Waals surface area contributed by atoms with Gasteiger partial charge in [0.2, 0.25) is 6.79 Å². The van der Waals surface area contributed by atoms with Crippen molar-refractivity contribution in [1.29, 1.82) is 0 Å². The molecule has 1 aromatic heterocycles. The van der Waals surface area contributed by atoms with Crippen LogP contribution in [-0.4, -0.2) is 30.3 Å². The Kier molecular flexibility index (Phi) is 5.18. The van der Waals surface area contributed by atoms with Gasteiger partial charge in [-0.1, -0.05) is 6.07 Å². The number of halogens is 1. The number of esters is 1. The number of hydrogen-bond donors (Lipinski definition) is 1. The zero-order valence-electron chi connectivity index (χ0n) is 13.3. The molecular weight excluding hydrogens is 392 g/mol. The van der Waals surface area contributed by atoms with Crippen LogP contribution in [0.4, 0.5) is 0 Å². The summed E-state index contributed by atoms with van der Waals surface area (Å²) in [6.07, 6.45) is 2.93. The summed E-state index contributed by atoms with van der Waals surface area (Å²) >= 11 is 3.22. The molecule has 8 heteroatoms. The number of fused-ring (bicyclic) bond motifs is 1. The molecule has 0 saturated carbocycles. The molecule has 1 aliphatic rings. The summed E-state index contributed by atoms with van der Waals surface area (Å²) in [6.45, 7) is 1.65. The van der Waals surface area contributed by atoms with Gasteiger partial charge in [0.1, 0.15) is 0 Å². The van der Waals surface area contributed by atoms with Crippen molar-refractivity contribution < 1.29 is 23.8 Å². The van der Waals surface area contributed by atoms with Crippen molar-refractivity contribution in [3.63, 3.8) is 0 Å². The fourth-order valence-corrected chi connectivity index (χ4v) is 2.65. The van der Waals surface area contributed by atoms with E-state index in [0.717, 1.165) is 5.56 Å². The third kappa shape index (κ3) is 4.27. The van der Waals surface area contributed by atoms with Gasteiger partial charge in [-0.3, -0.25) is 9.78 Å². The fourth-order valence-electron chi connectivity index (χ4n) is 2.29. The van der Waals surface area contributed by atoms with Gasteiger partial charge >= 0.3 is 5.97 Å². The first-order valence-electron chi connectivity index (χ1n) is 7.49. The molecule has 25 heavy (non-hydrogen) atoms. The maximum absolute atomic E-state index is 12.0. The molecule has 0 aliphatic carbocycles. The van der Waals surface area contributed by atoms with Crippen LogP contribution >= 0.6 is 15.9 Å². The van der Waals surface area contributed by atoms with E-state index < -0.39 is 11.9 Å². The van der Waals surface area contributed by atoms with Crippen molar-refractivity contribution in [2.24, 2.45) is 0 Å². The van der Waals surface area contributed by atoms with Crippen molar-refractivity contribution in [1.82, 2.24) is 10.3 Å². The van der Waals surface area contributed by atoms with Crippen LogP contribution in [-0.2, 0) is 9.53 Å². The molecule has 1 aliphatic heterocycles. The van der Waals surface area contributed by atoms with E-state index in [1.54, 1.807) is 18.3 Å². The lowest BCUT2D eigenvalue weighted by Crippen LogP contribution is -2.31. The topological polar surface area (TPSA) is 86.8 Å². The van der Waals surface area contributed by atoms with Crippen molar-refractivity contribution in [3.8, 4) is 11.5 Å². The summed E-state index contributed by atoms with van der Waals surface area (Å²) in [5.74, 6) is 0.312. The molecule has 2 aromatic rings. The quantitative estimate of drug-likeness (QED) is 0.767. The van der Waals surface area contributed by atoms with Crippen molar-refractivity contribution in [2.45, 2.75) is 13.0 Å². The Morgan fingerprint density at radius 2 is 2.08 bits per heavy atom. The van der Waals surface area contributed by atoms with Crippen LogP contribution in [0.2, 0.25) is 0 Å². The van der Waals surface area contributed by atoms with Gasteiger partial charge in [0, 0.05) is 16.9 Å². The highest BCUT2D eigenvalue weighted by atomic mass is 79.9. The summed E-state index contributed by atoms with van der Waals surface area (Å²) in [5, 5.41) is 2.77. The molecule has 0 spiro atoms. The molecule has 7 nitrogen and oxygen atoms in total. The number of rotatable bonds is 5. The number of hydrogen-bond acceptors (Lipinski definition) is 6. The van der Waals surface area contributed by atoms with Crippen LogP contribution in [0.5, 0.6) is 11.5 Å². The Hall–Kier alpha value is -2.61. The van der Waals surface area contributed by atoms with E-state index in [1.807, 2.05) is 19.1 Å². The average molecular weight is 407 g/mol. The van der Waals surface area contributed by atoms with E-state index in [0.29, 0.717) is 16.0 Å². The molecule has 0 bridgehead atoms. The lowest BCUT2D eigenvalue weighted by Gasteiger charge is -2.15. The predicted molar refractivity (Wildman–Crippen MR) is 91.3 cm³/mol. The van der Waals surface area contributed by atoms with Gasteiger partial charge in [-0.05, 0) is 46.6 Å². The van der Waals surface area contributed by atoms with Crippen LogP contribution < -0.4 is 14.8 Å². The van der Waals surface area contributed by atoms with Gasteiger partial charge in [0.15, 0.2) is 18.1 Å². The molecule has 2 heterocycles. The zero-order valence-corrected chi connectivity index (χ0v) is 14.9. The minimum atomic E-state index is -0.611. The SMILES string of the molecule is C[C@@H](NC(=O)COC(=O)c1cncc(Br)c1)c1ccc2c(c1)OCO2. The van der Waals surface area contributed by atoms with E-state index in [4.69, 9.17) is 14.2 Å². The van der Waals surface area contributed by atoms with Gasteiger partial charge in [0.25, 0.3) is 5.91 Å². The van der Waals surface area contributed by atoms with Crippen LogP contribution in [0.25, 0.3) is 0 Å². The molecule has 3 rings (SSSR count). The second kappa shape index (κ2) is 7.52. The number of aromatic nitrogens is 1. The van der Waals surface area contributed by atoms with E-state index in [2.05, 4.69) is 26.2 Å². The monoisotopic (exact) mass is 406 g/mol. The largest absolute Gasteiger partial charge is 0.454 e. The highest BCUT2D eigenvalue weighted by Crippen LogP contribution is 2.34. The first-order valence-corrected chi connectivity index (χ1v) is 8.29. The van der Waals surface area contributed by atoms with Gasteiger partial charge in [-0.15, -0.1) is 0 Å². The number of benzene rings is 1. The van der Waals surface area contributed by atoms with Crippen LogP contribution in [0, 0.1) is 0 Å². The second-order valence-corrected chi connectivity index (χ2v) is 6.29. The van der Waals surface area contributed by atoms with Crippen molar-refractivity contribution in [2.75, 3.05) is 13.4 Å². The standard InChI is InChI=1S/C17H15BrN2O5/c1-10(11-2-3-14-15(5-11)25-9-24-14)20-16(21)8-23-17(22)12-4-13(18)7-19-6-12/h2-7,10H,8-9H2,1H3,(H,20,21)/t10-/m1/s1. The summed E-state index contributed by atoms with van der Waals surface area (Å²) in [6, 6.07) is 6.75. The first kappa shape index (κ1) is 17.2. The summed E-state index contributed by atoms with van der Waals surface area (Å²) in [7, 11) is 0. The van der Waals surface area contributed by atoms with E-state index >= 15 is 0 Å². The molecule has 130 valence electrons. The smallest absolute Gasteiger partial charge is 0.340 e. The molecular formula is C17H15BrN2O5. The van der Waals surface area contributed by atoms with E-state index in [-0.39, 0.29) is 25.0 Å². The van der Waals surface area contributed by atoms with Crippen LogP contribution in [0.3, 0.4) is 0 Å². The number of carbonyl (C=O) groups is 2. The lowest BCUT2D eigenvalue weighted by atomic mass is 10.1. The molecule has 0 saturated heterocycles. The van der Waals surface area contributed by atoms with E-state index in [9.17, 15) is 9.59 Å². The molecule has 0 fully saturated rings. The molecule has 1 amide bonds. The Bertz CT molecular complexity index is 811.